The molecule has 7 nitrogen and oxygen atoms in total. The number of alkyl halides is 3. The molecule has 1 aliphatic rings. The molecule has 3 aromatic rings. The van der Waals surface area contributed by atoms with Crippen molar-refractivity contribution < 1.29 is 22.7 Å². The molecule has 0 saturated carbocycles. The van der Waals surface area contributed by atoms with Gasteiger partial charge in [0.2, 0.25) is 5.95 Å². The van der Waals surface area contributed by atoms with Crippen LogP contribution in [0, 0.1) is 0 Å². The fourth-order valence-electron chi connectivity index (χ4n) is 3.95. The highest BCUT2D eigenvalue weighted by atomic mass is 79.9. The maximum Gasteiger partial charge on any atom is 0.419 e. The van der Waals surface area contributed by atoms with Crippen LogP contribution < -0.4 is 5.32 Å². The number of piperidine rings is 1. The number of carbonyl (C=O) groups excluding carboxylic acids is 1. The number of aromatic nitrogens is 3. The van der Waals surface area contributed by atoms with Gasteiger partial charge in [-0.1, -0.05) is 12.1 Å². The SMILES string of the molecule is CC(C)(C)OC(=O)N1CCC[C@H](Nc2ncc(C(F)(F)F)c(-c3c[nH]c4c(Br)cccc34)n2)C1. The van der Waals surface area contributed by atoms with Gasteiger partial charge in [-0.3, -0.25) is 0 Å². The van der Waals surface area contributed by atoms with Gasteiger partial charge in [0.25, 0.3) is 0 Å². The van der Waals surface area contributed by atoms with Gasteiger partial charge in [0.1, 0.15) is 11.2 Å². The van der Waals surface area contributed by atoms with Gasteiger partial charge in [-0.2, -0.15) is 13.2 Å². The van der Waals surface area contributed by atoms with E-state index < -0.39 is 23.4 Å². The molecule has 1 atom stereocenters. The van der Waals surface area contributed by atoms with E-state index in [2.05, 4.69) is 36.2 Å². The third-order valence-electron chi connectivity index (χ3n) is 5.42. The van der Waals surface area contributed by atoms with Crippen LogP contribution in [0.3, 0.4) is 0 Å². The number of amides is 1. The predicted molar refractivity (Wildman–Crippen MR) is 126 cm³/mol. The number of benzene rings is 1. The van der Waals surface area contributed by atoms with Crippen molar-refractivity contribution in [1.29, 1.82) is 0 Å². The lowest BCUT2D eigenvalue weighted by atomic mass is 10.1. The zero-order valence-electron chi connectivity index (χ0n) is 19.0. The Morgan fingerprint density at radius 3 is 2.76 bits per heavy atom. The molecule has 0 aliphatic carbocycles. The molecule has 1 fully saturated rings. The molecule has 1 aliphatic heterocycles. The number of carbonyl (C=O) groups is 1. The van der Waals surface area contributed by atoms with E-state index in [9.17, 15) is 18.0 Å². The summed E-state index contributed by atoms with van der Waals surface area (Å²) in [5, 5.41) is 3.72. The molecular weight excluding hydrogens is 515 g/mol. The monoisotopic (exact) mass is 539 g/mol. The first-order chi connectivity index (χ1) is 15.9. The van der Waals surface area contributed by atoms with Crippen LogP contribution in [0.4, 0.5) is 23.9 Å². The minimum atomic E-state index is -4.62. The van der Waals surface area contributed by atoms with E-state index in [4.69, 9.17) is 4.74 Å². The van der Waals surface area contributed by atoms with Crippen LogP contribution in [0.25, 0.3) is 22.2 Å². The standard InChI is InChI=1S/C23H25BrF3N5O2/c1-22(2,3)34-21(33)32-9-5-6-13(12-32)30-20-29-11-16(23(25,26)27)18(31-20)15-10-28-19-14(15)7-4-8-17(19)24/h4,7-8,10-11,13,28H,5-6,9,12H2,1-3H3,(H,29,30,31)/t13-/m0/s1. The van der Waals surface area contributed by atoms with Crippen LogP contribution in [0.15, 0.2) is 35.1 Å². The molecule has 0 radical (unpaired) electrons. The lowest BCUT2D eigenvalue weighted by Crippen LogP contribution is -2.47. The number of aromatic amines is 1. The molecule has 4 rings (SSSR count). The largest absolute Gasteiger partial charge is 0.444 e. The fraction of sp³-hybridized carbons (Fsp3) is 0.435. The highest BCUT2D eigenvalue weighted by Gasteiger charge is 2.36. The molecule has 0 bridgehead atoms. The second-order valence-electron chi connectivity index (χ2n) is 9.23. The first-order valence-corrected chi connectivity index (χ1v) is 11.7. The van der Waals surface area contributed by atoms with E-state index in [1.165, 1.54) is 6.20 Å². The van der Waals surface area contributed by atoms with Gasteiger partial charge >= 0.3 is 12.3 Å². The van der Waals surface area contributed by atoms with Gasteiger partial charge in [0, 0.05) is 46.9 Å². The normalized spacial score (nSPS) is 17.1. The molecule has 0 spiro atoms. The summed E-state index contributed by atoms with van der Waals surface area (Å²) in [6.45, 7) is 6.29. The zero-order valence-corrected chi connectivity index (χ0v) is 20.5. The molecule has 3 heterocycles. The van der Waals surface area contributed by atoms with Crippen molar-refractivity contribution in [3.05, 3.63) is 40.6 Å². The Morgan fingerprint density at radius 2 is 2.06 bits per heavy atom. The lowest BCUT2D eigenvalue weighted by molar-refractivity contribution is -0.137. The minimum Gasteiger partial charge on any atom is -0.444 e. The molecular formula is C23H25BrF3N5O2. The lowest BCUT2D eigenvalue weighted by Gasteiger charge is -2.34. The highest BCUT2D eigenvalue weighted by Crippen LogP contribution is 2.39. The van der Waals surface area contributed by atoms with Crippen LogP contribution in [-0.2, 0) is 10.9 Å². The van der Waals surface area contributed by atoms with Crippen molar-refractivity contribution in [1.82, 2.24) is 19.9 Å². The topological polar surface area (TPSA) is 83.1 Å². The zero-order chi connectivity index (χ0) is 24.7. The predicted octanol–water partition coefficient (Wildman–Crippen LogP) is 6.22. The number of para-hydroxylation sites is 1. The van der Waals surface area contributed by atoms with Gasteiger partial charge in [-0.25, -0.2) is 14.8 Å². The summed E-state index contributed by atoms with van der Waals surface area (Å²) in [5.41, 5.74) is -0.740. The van der Waals surface area contributed by atoms with Crippen LogP contribution in [0.1, 0.15) is 39.2 Å². The van der Waals surface area contributed by atoms with Crippen LogP contribution in [0.2, 0.25) is 0 Å². The first-order valence-electron chi connectivity index (χ1n) is 10.9. The maximum atomic E-state index is 13.8. The molecule has 0 unspecified atom stereocenters. The third-order valence-corrected chi connectivity index (χ3v) is 6.08. The summed E-state index contributed by atoms with van der Waals surface area (Å²) in [6.07, 6.45) is -1.28. The van der Waals surface area contributed by atoms with E-state index in [1.54, 1.807) is 43.9 Å². The average molecular weight is 540 g/mol. The Labute approximate surface area is 203 Å². The number of rotatable bonds is 3. The molecule has 1 amide bonds. The highest BCUT2D eigenvalue weighted by molar-refractivity contribution is 9.10. The number of hydrogen-bond acceptors (Lipinski definition) is 5. The van der Waals surface area contributed by atoms with E-state index >= 15 is 0 Å². The molecule has 34 heavy (non-hydrogen) atoms. The summed E-state index contributed by atoms with van der Waals surface area (Å²) in [4.78, 5) is 25.3. The molecule has 1 aromatic carbocycles. The number of anilines is 1. The van der Waals surface area contributed by atoms with E-state index in [0.29, 0.717) is 29.6 Å². The van der Waals surface area contributed by atoms with Gasteiger partial charge in [0.05, 0.1) is 11.2 Å². The van der Waals surface area contributed by atoms with E-state index in [1.807, 2.05) is 0 Å². The smallest absolute Gasteiger partial charge is 0.419 e. The van der Waals surface area contributed by atoms with Gasteiger partial charge in [-0.05, 0) is 55.6 Å². The second kappa shape index (κ2) is 9.09. The number of fused-ring (bicyclic) bond motifs is 1. The Balaban J connectivity index is 1.63. The maximum absolute atomic E-state index is 13.8. The Morgan fingerprint density at radius 1 is 1.29 bits per heavy atom. The quantitative estimate of drug-likeness (QED) is 0.413. The summed E-state index contributed by atoms with van der Waals surface area (Å²) in [7, 11) is 0. The summed E-state index contributed by atoms with van der Waals surface area (Å²) >= 11 is 3.42. The van der Waals surface area contributed by atoms with Crippen LogP contribution in [0.5, 0.6) is 0 Å². The van der Waals surface area contributed by atoms with Crippen LogP contribution in [-0.4, -0.2) is 50.7 Å². The minimum absolute atomic E-state index is 0.0726. The Kier molecular flexibility index (Phi) is 6.50. The molecule has 182 valence electrons. The van der Waals surface area contributed by atoms with Crippen LogP contribution >= 0.6 is 15.9 Å². The van der Waals surface area contributed by atoms with E-state index in [-0.39, 0.29) is 17.7 Å². The Bertz CT molecular complexity index is 1210. The summed E-state index contributed by atoms with van der Waals surface area (Å²) < 4.78 is 47.6. The van der Waals surface area contributed by atoms with Gasteiger partial charge in [0.15, 0.2) is 0 Å². The van der Waals surface area contributed by atoms with Gasteiger partial charge in [-0.15, -0.1) is 0 Å². The average Bonchev–Trinajstić information content (AvgIpc) is 3.17. The molecule has 2 N–H and O–H groups in total. The van der Waals surface area contributed by atoms with Crippen molar-refractivity contribution in [3.63, 3.8) is 0 Å². The van der Waals surface area contributed by atoms with Crippen molar-refractivity contribution >= 4 is 38.9 Å². The van der Waals surface area contributed by atoms with Crippen molar-refractivity contribution in [3.8, 4) is 11.3 Å². The Hall–Kier alpha value is -2.82. The number of H-pyrrole nitrogens is 1. The number of hydrogen-bond donors (Lipinski definition) is 2. The fourth-order valence-corrected chi connectivity index (χ4v) is 4.43. The van der Waals surface area contributed by atoms with Crippen molar-refractivity contribution in [2.75, 3.05) is 18.4 Å². The summed E-state index contributed by atoms with van der Waals surface area (Å²) in [5.74, 6) is 0.0726. The number of nitrogens with one attached hydrogen (secondary N) is 2. The molecule has 11 heteroatoms. The van der Waals surface area contributed by atoms with Crippen molar-refractivity contribution in [2.24, 2.45) is 0 Å². The number of nitrogens with zero attached hydrogens (tertiary/aromatic N) is 3. The van der Waals surface area contributed by atoms with Gasteiger partial charge < -0.3 is 19.9 Å². The third kappa shape index (κ3) is 5.29. The molecule has 2 aromatic heterocycles. The summed E-state index contributed by atoms with van der Waals surface area (Å²) in [6, 6.07) is 5.08. The number of halogens is 4. The number of likely N-dealkylation sites (tertiary alicyclic amines) is 1. The first kappa shape index (κ1) is 24.3. The van der Waals surface area contributed by atoms with Crippen molar-refractivity contribution in [2.45, 2.75) is 51.4 Å². The molecule has 1 saturated heterocycles. The number of ether oxygens (including phenoxy) is 1. The second-order valence-corrected chi connectivity index (χ2v) is 10.1. The van der Waals surface area contributed by atoms with E-state index in [0.717, 1.165) is 23.5 Å².